The van der Waals surface area contributed by atoms with E-state index in [1.807, 2.05) is 0 Å². The average molecular weight is 388 g/mol. The van der Waals surface area contributed by atoms with Gasteiger partial charge >= 0.3 is 6.03 Å². The Labute approximate surface area is 158 Å². The van der Waals surface area contributed by atoms with Crippen molar-refractivity contribution >= 4 is 40.4 Å². The van der Waals surface area contributed by atoms with Crippen molar-refractivity contribution < 1.29 is 23.9 Å². The van der Waals surface area contributed by atoms with Crippen LogP contribution in [0.3, 0.4) is 0 Å². The lowest BCUT2D eigenvalue weighted by atomic mass is 10.1. The smallest absolute Gasteiger partial charge is 0.329 e. The molecule has 1 aliphatic heterocycles. The standard InChI is InChI=1S/C17H16N4O5S/c1-25-12-4-3-10(8-13(12)26-2)7-11-15(23)21(17(24)19-11)9-14(22)20-16-18-5-6-27-16/h3-8H,9H2,1-2H3,(H,19,24)(H,18,20,22)/b11-7-. The lowest BCUT2D eigenvalue weighted by Crippen LogP contribution is -2.38. The number of aromatic nitrogens is 1. The van der Waals surface area contributed by atoms with E-state index in [2.05, 4.69) is 15.6 Å². The number of benzene rings is 1. The molecular weight excluding hydrogens is 372 g/mol. The first-order valence-corrected chi connectivity index (χ1v) is 8.65. The lowest BCUT2D eigenvalue weighted by Gasteiger charge is -2.10. The van der Waals surface area contributed by atoms with Gasteiger partial charge < -0.3 is 20.1 Å². The van der Waals surface area contributed by atoms with Crippen molar-refractivity contribution in [2.75, 3.05) is 26.1 Å². The number of thiazole rings is 1. The van der Waals surface area contributed by atoms with Crippen LogP contribution in [0.15, 0.2) is 35.5 Å². The van der Waals surface area contributed by atoms with Gasteiger partial charge in [0.15, 0.2) is 16.6 Å². The van der Waals surface area contributed by atoms with Gasteiger partial charge in [-0.05, 0) is 23.8 Å². The molecule has 0 atom stereocenters. The number of rotatable bonds is 6. The fraction of sp³-hybridized carbons (Fsp3) is 0.176. The zero-order valence-electron chi connectivity index (χ0n) is 14.5. The van der Waals surface area contributed by atoms with Gasteiger partial charge in [0.25, 0.3) is 5.91 Å². The third kappa shape index (κ3) is 4.06. The fourth-order valence-electron chi connectivity index (χ4n) is 2.41. The van der Waals surface area contributed by atoms with Crippen molar-refractivity contribution in [3.63, 3.8) is 0 Å². The molecule has 1 aliphatic rings. The zero-order valence-corrected chi connectivity index (χ0v) is 15.3. The Morgan fingerprint density at radius 1 is 1.30 bits per heavy atom. The summed E-state index contributed by atoms with van der Waals surface area (Å²) in [5, 5.41) is 7.09. The van der Waals surface area contributed by atoms with E-state index in [9.17, 15) is 14.4 Å². The molecular formula is C17H16N4O5S. The highest BCUT2D eigenvalue weighted by Crippen LogP contribution is 2.28. The second-order valence-corrected chi connectivity index (χ2v) is 6.27. The SMILES string of the molecule is COc1ccc(/C=C2\NC(=O)N(CC(=O)Nc3nccs3)C2=O)cc1OC. The molecule has 2 heterocycles. The Hall–Kier alpha value is -3.40. The molecule has 140 valence electrons. The molecule has 0 radical (unpaired) electrons. The molecule has 3 rings (SSSR count). The van der Waals surface area contributed by atoms with Gasteiger partial charge in [-0.3, -0.25) is 9.59 Å². The van der Waals surface area contributed by atoms with Gasteiger partial charge in [0.1, 0.15) is 12.2 Å². The summed E-state index contributed by atoms with van der Waals surface area (Å²) in [6.07, 6.45) is 3.04. The molecule has 1 fully saturated rings. The van der Waals surface area contributed by atoms with Gasteiger partial charge in [0.2, 0.25) is 5.91 Å². The number of methoxy groups -OCH3 is 2. The molecule has 1 saturated heterocycles. The maximum atomic E-state index is 12.5. The average Bonchev–Trinajstić information content (AvgIpc) is 3.25. The van der Waals surface area contributed by atoms with Crippen LogP contribution < -0.4 is 20.1 Å². The van der Waals surface area contributed by atoms with Crippen LogP contribution in [-0.2, 0) is 9.59 Å². The summed E-state index contributed by atoms with van der Waals surface area (Å²) >= 11 is 1.24. The van der Waals surface area contributed by atoms with E-state index < -0.39 is 24.4 Å². The van der Waals surface area contributed by atoms with E-state index in [0.29, 0.717) is 22.2 Å². The minimum atomic E-state index is -0.666. The highest BCUT2D eigenvalue weighted by Gasteiger charge is 2.35. The molecule has 0 saturated carbocycles. The predicted octanol–water partition coefficient (Wildman–Crippen LogP) is 1.69. The number of carbonyl (C=O) groups is 3. The zero-order chi connectivity index (χ0) is 19.4. The molecule has 1 aromatic carbocycles. The van der Waals surface area contributed by atoms with Crippen LogP contribution >= 0.6 is 11.3 Å². The summed E-state index contributed by atoms with van der Waals surface area (Å²) in [7, 11) is 3.02. The van der Waals surface area contributed by atoms with E-state index in [0.717, 1.165) is 4.90 Å². The molecule has 0 spiro atoms. The molecule has 9 nitrogen and oxygen atoms in total. The molecule has 2 N–H and O–H groups in total. The number of nitrogens with zero attached hydrogens (tertiary/aromatic N) is 2. The monoisotopic (exact) mass is 388 g/mol. The number of anilines is 1. The molecule has 2 aromatic rings. The van der Waals surface area contributed by atoms with Gasteiger partial charge in [-0.25, -0.2) is 14.7 Å². The van der Waals surface area contributed by atoms with Crippen molar-refractivity contribution in [2.45, 2.75) is 0 Å². The van der Waals surface area contributed by atoms with Crippen LogP contribution in [0.4, 0.5) is 9.93 Å². The molecule has 0 unspecified atom stereocenters. The highest BCUT2D eigenvalue weighted by atomic mass is 32.1. The molecule has 10 heteroatoms. The lowest BCUT2D eigenvalue weighted by molar-refractivity contribution is -0.127. The Balaban J connectivity index is 1.73. The minimum absolute atomic E-state index is 0.0641. The number of nitrogens with one attached hydrogen (secondary N) is 2. The second kappa shape index (κ2) is 7.87. The molecule has 4 amide bonds. The maximum Gasteiger partial charge on any atom is 0.329 e. The first kappa shape index (κ1) is 18.4. The van der Waals surface area contributed by atoms with E-state index >= 15 is 0 Å². The van der Waals surface area contributed by atoms with Gasteiger partial charge in [-0.2, -0.15) is 0 Å². The Kier molecular flexibility index (Phi) is 5.36. The molecule has 1 aromatic heterocycles. The normalized spacial score (nSPS) is 15.0. The number of amides is 4. The fourth-order valence-corrected chi connectivity index (χ4v) is 2.96. The van der Waals surface area contributed by atoms with Crippen LogP contribution in [0.1, 0.15) is 5.56 Å². The Bertz CT molecular complexity index is 910. The quantitative estimate of drug-likeness (QED) is 0.576. The summed E-state index contributed by atoms with van der Waals surface area (Å²) in [4.78, 5) is 41.3. The van der Waals surface area contributed by atoms with E-state index in [4.69, 9.17) is 9.47 Å². The molecule has 0 bridgehead atoms. The molecule has 27 heavy (non-hydrogen) atoms. The number of hydrogen-bond donors (Lipinski definition) is 2. The van der Waals surface area contributed by atoms with Crippen LogP contribution in [0.25, 0.3) is 6.08 Å². The number of hydrogen-bond acceptors (Lipinski definition) is 7. The summed E-state index contributed by atoms with van der Waals surface area (Å²) in [5.41, 5.74) is 0.694. The number of imide groups is 1. The largest absolute Gasteiger partial charge is 0.493 e. The Morgan fingerprint density at radius 3 is 2.74 bits per heavy atom. The van der Waals surface area contributed by atoms with Gasteiger partial charge in [-0.15, -0.1) is 11.3 Å². The third-order valence-corrected chi connectivity index (χ3v) is 4.35. The van der Waals surface area contributed by atoms with Crippen molar-refractivity contribution in [1.29, 1.82) is 0 Å². The summed E-state index contributed by atoms with van der Waals surface area (Å²) < 4.78 is 10.4. The van der Waals surface area contributed by atoms with Gasteiger partial charge in [0, 0.05) is 11.6 Å². The topological polar surface area (TPSA) is 110 Å². The second-order valence-electron chi connectivity index (χ2n) is 5.38. The summed E-state index contributed by atoms with van der Waals surface area (Å²) in [6.45, 7) is -0.409. The van der Waals surface area contributed by atoms with Gasteiger partial charge in [-0.1, -0.05) is 6.07 Å². The Morgan fingerprint density at radius 2 is 2.07 bits per heavy atom. The van der Waals surface area contributed by atoms with Crippen molar-refractivity contribution in [3.8, 4) is 11.5 Å². The third-order valence-electron chi connectivity index (χ3n) is 3.66. The number of carbonyl (C=O) groups excluding carboxylic acids is 3. The van der Waals surface area contributed by atoms with Crippen LogP contribution in [0, 0.1) is 0 Å². The van der Waals surface area contributed by atoms with Crippen LogP contribution in [-0.4, -0.2) is 48.5 Å². The predicted molar refractivity (Wildman–Crippen MR) is 98.5 cm³/mol. The van der Waals surface area contributed by atoms with Gasteiger partial charge in [0.05, 0.1) is 14.2 Å². The summed E-state index contributed by atoms with van der Waals surface area (Å²) in [5.74, 6) is -0.0740. The number of ether oxygens (including phenoxy) is 2. The maximum absolute atomic E-state index is 12.5. The van der Waals surface area contributed by atoms with Crippen molar-refractivity contribution in [1.82, 2.24) is 15.2 Å². The van der Waals surface area contributed by atoms with Crippen LogP contribution in [0.2, 0.25) is 0 Å². The highest BCUT2D eigenvalue weighted by molar-refractivity contribution is 7.13. The minimum Gasteiger partial charge on any atom is -0.493 e. The number of urea groups is 1. The van der Waals surface area contributed by atoms with E-state index in [-0.39, 0.29) is 5.70 Å². The first-order valence-electron chi connectivity index (χ1n) is 7.77. The summed E-state index contributed by atoms with van der Waals surface area (Å²) in [6, 6.07) is 4.40. The van der Waals surface area contributed by atoms with Crippen molar-refractivity contribution in [3.05, 3.63) is 41.0 Å². The first-order chi connectivity index (χ1) is 13.0. The van der Waals surface area contributed by atoms with Crippen molar-refractivity contribution in [2.24, 2.45) is 0 Å². The van der Waals surface area contributed by atoms with E-state index in [1.54, 1.807) is 23.6 Å². The van der Waals surface area contributed by atoms with E-state index in [1.165, 1.54) is 37.8 Å². The molecule has 0 aliphatic carbocycles. The van der Waals surface area contributed by atoms with Crippen LogP contribution in [0.5, 0.6) is 11.5 Å².